The quantitative estimate of drug-likeness (QED) is 0.426. The minimum Gasteiger partial charge on any atom is -0.479 e. The predicted molar refractivity (Wildman–Crippen MR) is 80.6 cm³/mol. The van der Waals surface area contributed by atoms with Crippen molar-refractivity contribution in [3.05, 3.63) is 0 Å². The summed E-state index contributed by atoms with van der Waals surface area (Å²) < 4.78 is 14.1. The molecule has 0 aromatic carbocycles. The molecule has 0 heterocycles. The molecule has 2 unspecified atom stereocenters. The second-order valence-electron chi connectivity index (χ2n) is 7.26. The van der Waals surface area contributed by atoms with Crippen molar-refractivity contribution in [2.45, 2.75) is 60.2 Å². The summed E-state index contributed by atoms with van der Waals surface area (Å²) in [4.78, 5) is 46.0. The zero-order valence-electron chi connectivity index (χ0n) is 14.9. The van der Waals surface area contributed by atoms with E-state index < -0.39 is 53.4 Å². The molecular weight excluding hydrogens is 340 g/mol. The third-order valence-corrected chi connectivity index (χ3v) is 2.64. The standard InChI is InChI=1S/C15H24O10/c1-14(2,3)11(21)24-13(25-12(22)15(4,5)6)23-10(20)8(17)7(16)9(18)19/h7-8,13,16-17H,1-6H3,(H,18,19). The third kappa shape index (κ3) is 7.48. The van der Waals surface area contributed by atoms with E-state index in [-0.39, 0.29) is 0 Å². The van der Waals surface area contributed by atoms with Crippen LogP contribution >= 0.6 is 0 Å². The van der Waals surface area contributed by atoms with E-state index >= 15 is 0 Å². The van der Waals surface area contributed by atoms with Crippen molar-refractivity contribution in [2.75, 3.05) is 0 Å². The van der Waals surface area contributed by atoms with Crippen LogP contribution in [0.25, 0.3) is 0 Å². The Balaban J connectivity index is 5.25. The Labute approximate surface area is 144 Å². The number of rotatable bonds is 6. The number of esters is 3. The van der Waals surface area contributed by atoms with Gasteiger partial charge in [-0.3, -0.25) is 9.59 Å². The van der Waals surface area contributed by atoms with Crippen molar-refractivity contribution in [1.82, 2.24) is 0 Å². The van der Waals surface area contributed by atoms with Gasteiger partial charge in [-0.25, -0.2) is 9.59 Å². The van der Waals surface area contributed by atoms with Crippen LogP contribution in [0.4, 0.5) is 0 Å². The summed E-state index contributed by atoms with van der Waals surface area (Å²) in [7, 11) is 0. The van der Waals surface area contributed by atoms with Gasteiger partial charge in [0.05, 0.1) is 10.8 Å². The zero-order valence-corrected chi connectivity index (χ0v) is 14.9. The van der Waals surface area contributed by atoms with Crippen LogP contribution in [0.3, 0.4) is 0 Å². The Bertz CT molecular complexity index is 497. The minimum absolute atomic E-state index is 0.889. The van der Waals surface area contributed by atoms with Gasteiger partial charge in [0.15, 0.2) is 12.2 Å². The lowest BCUT2D eigenvalue weighted by molar-refractivity contribution is -0.269. The topological polar surface area (TPSA) is 157 Å². The molecule has 0 aliphatic heterocycles. The maximum atomic E-state index is 11.9. The van der Waals surface area contributed by atoms with Gasteiger partial charge in [-0.05, 0) is 41.5 Å². The fraction of sp³-hybridized carbons (Fsp3) is 0.733. The number of ether oxygens (including phenoxy) is 3. The smallest absolute Gasteiger partial charge is 0.412 e. The molecular formula is C15H24O10. The fourth-order valence-corrected chi connectivity index (χ4v) is 1.03. The lowest BCUT2D eigenvalue weighted by Crippen LogP contribution is -2.44. The van der Waals surface area contributed by atoms with Crippen LogP contribution in [0, 0.1) is 10.8 Å². The molecule has 25 heavy (non-hydrogen) atoms. The van der Waals surface area contributed by atoms with Gasteiger partial charge in [0.2, 0.25) is 0 Å². The number of aliphatic hydroxyl groups is 2. The van der Waals surface area contributed by atoms with E-state index in [9.17, 15) is 24.3 Å². The van der Waals surface area contributed by atoms with Crippen molar-refractivity contribution < 1.29 is 48.7 Å². The highest BCUT2D eigenvalue weighted by molar-refractivity contribution is 5.84. The number of carbonyl (C=O) groups excluding carboxylic acids is 3. The molecule has 0 amide bonds. The Morgan fingerprint density at radius 1 is 0.720 bits per heavy atom. The Hall–Kier alpha value is -2.20. The molecule has 0 saturated heterocycles. The van der Waals surface area contributed by atoms with Gasteiger partial charge in [0.25, 0.3) is 0 Å². The Kier molecular flexibility index (Phi) is 7.53. The van der Waals surface area contributed by atoms with Crippen LogP contribution in [-0.2, 0) is 33.4 Å². The average molecular weight is 364 g/mol. The van der Waals surface area contributed by atoms with Crippen molar-refractivity contribution in [2.24, 2.45) is 10.8 Å². The Morgan fingerprint density at radius 2 is 1.08 bits per heavy atom. The second kappa shape index (κ2) is 8.26. The first-order valence-electron chi connectivity index (χ1n) is 7.29. The summed E-state index contributed by atoms with van der Waals surface area (Å²) in [6, 6.07) is 0. The van der Waals surface area contributed by atoms with Crippen LogP contribution in [0.15, 0.2) is 0 Å². The van der Waals surface area contributed by atoms with Crippen molar-refractivity contribution in [1.29, 1.82) is 0 Å². The molecule has 0 bridgehead atoms. The van der Waals surface area contributed by atoms with Crippen molar-refractivity contribution in [3.8, 4) is 0 Å². The van der Waals surface area contributed by atoms with Gasteiger partial charge >= 0.3 is 30.4 Å². The largest absolute Gasteiger partial charge is 0.479 e. The molecule has 0 aliphatic rings. The number of carboxylic acid groups (broad SMARTS) is 1. The first-order valence-corrected chi connectivity index (χ1v) is 7.29. The van der Waals surface area contributed by atoms with Crippen LogP contribution in [-0.4, -0.2) is 57.9 Å². The molecule has 0 saturated carbocycles. The third-order valence-electron chi connectivity index (χ3n) is 2.64. The van der Waals surface area contributed by atoms with Gasteiger partial charge in [0, 0.05) is 0 Å². The van der Waals surface area contributed by atoms with Gasteiger partial charge in [-0.1, -0.05) is 0 Å². The van der Waals surface area contributed by atoms with E-state index in [4.69, 9.17) is 19.7 Å². The second-order valence-corrected chi connectivity index (χ2v) is 7.26. The Morgan fingerprint density at radius 3 is 1.36 bits per heavy atom. The number of hydrogen-bond acceptors (Lipinski definition) is 9. The van der Waals surface area contributed by atoms with Crippen LogP contribution in [0.5, 0.6) is 0 Å². The van der Waals surface area contributed by atoms with E-state index in [1.54, 1.807) is 0 Å². The molecule has 3 N–H and O–H groups in total. The minimum atomic E-state index is -2.47. The highest BCUT2D eigenvalue weighted by Crippen LogP contribution is 2.21. The predicted octanol–water partition coefficient (Wildman–Crippen LogP) is -0.202. The van der Waals surface area contributed by atoms with Crippen LogP contribution in [0.2, 0.25) is 0 Å². The highest BCUT2D eigenvalue weighted by Gasteiger charge is 2.37. The van der Waals surface area contributed by atoms with E-state index in [2.05, 4.69) is 4.74 Å². The number of aliphatic hydroxyl groups excluding tert-OH is 2. The molecule has 0 fully saturated rings. The summed E-state index contributed by atoms with van der Waals surface area (Å²) in [6.45, 7) is 6.78. The van der Waals surface area contributed by atoms with Crippen molar-refractivity contribution in [3.63, 3.8) is 0 Å². The summed E-state index contributed by atoms with van der Waals surface area (Å²) in [5.41, 5.74) is -2.06. The molecule has 0 radical (unpaired) electrons. The van der Waals surface area contributed by atoms with Gasteiger partial charge in [-0.2, -0.15) is 0 Å². The van der Waals surface area contributed by atoms with E-state index in [1.807, 2.05) is 0 Å². The van der Waals surface area contributed by atoms with E-state index in [0.29, 0.717) is 0 Å². The SMILES string of the molecule is CC(C)(C)C(=O)OC(OC(=O)C(O)C(O)C(=O)O)OC(=O)C(C)(C)C. The summed E-state index contributed by atoms with van der Waals surface area (Å²) >= 11 is 0. The molecule has 144 valence electrons. The number of hydrogen-bond donors (Lipinski definition) is 3. The lowest BCUT2D eigenvalue weighted by atomic mass is 9.97. The lowest BCUT2D eigenvalue weighted by Gasteiger charge is -2.26. The molecule has 2 atom stereocenters. The van der Waals surface area contributed by atoms with Crippen LogP contribution < -0.4 is 0 Å². The molecule has 0 spiro atoms. The molecule has 0 aliphatic carbocycles. The van der Waals surface area contributed by atoms with E-state index in [0.717, 1.165) is 0 Å². The first-order chi connectivity index (χ1) is 11.1. The maximum Gasteiger partial charge on any atom is 0.412 e. The number of carboxylic acids is 1. The molecule has 10 nitrogen and oxygen atoms in total. The average Bonchev–Trinajstić information content (AvgIpc) is 2.42. The summed E-state index contributed by atoms with van der Waals surface area (Å²) in [5.74, 6) is -5.30. The molecule has 0 aromatic heterocycles. The fourth-order valence-electron chi connectivity index (χ4n) is 1.03. The highest BCUT2D eigenvalue weighted by atomic mass is 16.9. The summed E-state index contributed by atoms with van der Waals surface area (Å²) in [5, 5.41) is 27.1. The first kappa shape index (κ1) is 22.8. The summed E-state index contributed by atoms with van der Waals surface area (Å²) in [6.07, 6.45) is -4.94. The number of carbonyl (C=O) groups is 4. The maximum absolute atomic E-state index is 11.9. The number of aliphatic carboxylic acids is 1. The molecule has 10 heteroatoms. The van der Waals surface area contributed by atoms with Gasteiger partial charge in [0.1, 0.15) is 0 Å². The molecule has 0 aromatic rings. The zero-order chi connectivity index (χ0) is 20.2. The monoisotopic (exact) mass is 364 g/mol. The molecule has 0 rings (SSSR count). The van der Waals surface area contributed by atoms with Crippen LogP contribution in [0.1, 0.15) is 41.5 Å². The normalized spacial score (nSPS) is 14.4. The van der Waals surface area contributed by atoms with E-state index in [1.165, 1.54) is 41.5 Å². The van der Waals surface area contributed by atoms with Gasteiger partial charge in [-0.15, -0.1) is 0 Å². The van der Waals surface area contributed by atoms with Crippen molar-refractivity contribution >= 4 is 23.9 Å². The van der Waals surface area contributed by atoms with Gasteiger partial charge < -0.3 is 29.5 Å².